The Bertz CT molecular complexity index is 1300. The molecule has 2 bridgehead atoms. The van der Waals surface area contributed by atoms with E-state index >= 15 is 0 Å². The van der Waals surface area contributed by atoms with Gasteiger partial charge in [0.15, 0.2) is 0 Å². The van der Waals surface area contributed by atoms with Crippen molar-refractivity contribution in [1.29, 1.82) is 0 Å². The molecule has 2 aromatic carbocycles. The normalized spacial score (nSPS) is 18.8. The predicted octanol–water partition coefficient (Wildman–Crippen LogP) is 3.27. The number of anilines is 1. The van der Waals surface area contributed by atoms with Crippen LogP contribution in [0.1, 0.15) is 28.4 Å². The Morgan fingerprint density at radius 2 is 1.63 bits per heavy atom. The maximum absolute atomic E-state index is 13.3. The van der Waals surface area contributed by atoms with Crippen molar-refractivity contribution in [3.8, 4) is 11.1 Å². The Labute approximate surface area is 205 Å². The molecule has 7 heteroatoms. The van der Waals surface area contributed by atoms with Gasteiger partial charge >= 0.3 is 0 Å². The number of hydrogen-bond acceptors (Lipinski definition) is 4. The summed E-state index contributed by atoms with van der Waals surface area (Å²) in [6.07, 6.45) is 0.961. The maximum atomic E-state index is 13.3. The van der Waals surface area contributed by atoms with Crippen molar-refractivity contribution in [3.63, 3.8) is 0 Å². The van der Waals surface area contributed by atoms with Crippen LogP contribution in [0, 0.1) is 5.92 Å². The fourth-order valence-electron chi connectivity index (χ4n) is 5.30. The Hall–Kier alpha value is -3.71. The molecule has 35 heavy (non-hydrogen) atoms. The Kier molecular flexibility index (Phi) is 6.26. The topological polar surface area (TPSA) is 74.7 Å². The van der Waals surface area contributed by atoms with Gasteiger partial charge in [0, 0.05) is 36.8 Å². The van der Waals surface area contributed by atoms with Crippen LogP contribution >= 0.6 is 0 Å². The highest BCUT2D eigenvalue weighted by Gasteiger charge is 2.37. The van der Waals surface area contributed by atoms with E-state index in [0.717, 1.165) is 23.2 Å². The number of piperidine rings is 1. The first-order valence-electron chi connectivity index (χ1n) is 12.0. The van der Waals surface area contributed by atoms with Gasteiger partial charge in [0.05, 0.1) is 6.54 Å². The zero-order chi connectivity index (χ0) is 24.5. The molecule has 0 unspecified atom stereocenters. The fourth-order valence-corrected chi connectivity index (χ4v) is 5.30. The van der Waals surface area contributed by atoms with Gasteiger partial charge in [-0.05, 0) is 61.8 Å². The second kappa shape index (κ2) is 9.50. The number of aromatic nitrogens is 1. The summed E-state index contributed by atoms with van der Waals surface area (Å²) in [7, 11) is 3.62. The molecule has 1 N–H and O–H groups in total. The van der Waals surface area contributed by atoms with Gasteiger partial charge in [-0.15, -0.1) is 0 Å². The summed E-state index contributed by atoms with van der Waals surface area (Å²) >= 11 is 0. The quantitative estimate of drug-likeness (QED) is 0.621. The molecule has 2 aliphatic heterocycles. The lowest BCUT2D eigenvalue weighted by Crippen LogP contribution is -2.49. The van der Waals surface area contributed by atoms with E-state index in [1.54, 1.807) is 15.5 Å². The van der Waals surface area contributed by atoms with Crippen LogP contribution in [-0.4, -0.2) is 59.9 Å². The molecule has 0 radical (unpaired) electrons. The van der Waals surface area contributed by atoms with Crippen molar-refractivity contribution in [3.05, 3.63) is 88.3 Å². The molecule has 2 amide bonds. The molecule has 180 valence electrons. The van der Waals surface area contributed by atoms with Crippen LogP contribution in [0.15, 0.2) is 71.5 Å². The summed E-state index contributed by atoms with van der Waals surface area (Å²) in [4.78, 5) is 42.3. The van der Waals surface area contributed by atoms with E-state index in [2.05, 4.69) is 17.4 Å². The van der Waals surface area contributed by atoms with Crippen molar-refractivity contribution in [1.82, 2.24) is 14.4 Å². The lowest BCUT2D eigenvalue weighted by molar-refractivity contribution is -0.116. The minimum Gasteiger partial charge on any atom is -0.338 e. The average Bonchev–Trinajstić information content (AvgIpc) is 2.85. The Balaban J connectivity index is 1.32. The zero-order valence-corrected chi connectivity index (χ0v) is 20.1. The predicted molar refractivity (Wildman–Crippen MR) is 137 cm³/mol. The summed E-state index contributed by atoms with van der Waals surface area (Å²) in [6.45, 7) is 1.98. The van der Waals surface area contributed by atoms with E-state index in [1.807, 2.05) is 67.5 Å². The van der Waals surface area contributed by atoms with Crippen molar-refractivity contribution < 1.29 is 9.59 Å². The molecule has 5 rings (SSSR count). The van der Waals surface area contributed by atoms with E-state index in [0.29, 0.717) is 30.9 Å². The highest BCUT2D eigenvalue weighted by atomic mass is 16.2. The molecule has 1 saturated heterocycles. The van der Waals surface area contributed by atoms with Gasteiger partial charge in [-0.2, -0.15) is 0 Å². The van der Waals surface area contributed by atoms with Gasteiger partial charge in [-0.3, -0.25) is 14.4 Å². The van der Waals surface area contributed by atoms with Crippen molar-refractivity contribution in [2.75, 3.05) is 39.0 Å². The first-order valence-corrected chi connectivity index (χ1v) is 12.0. The van der Waals surface area contributed by atoms with Crippen molar-refractivity contribution in [2.24, 2.45) is 5.92 Å². The molecule has 2 atom stereocenters. The van der Waals surface area contributed by atoms with Crippen molar-refractivity contribution in [2.45, 2.75) is 18.9 Å². The first-order chi connectivity index (χ1) is 16.9. The van der Waals surface area contributed by atoms with E-state index in [4.69, 9.17) is 0 Å². The molecular formula is C28H30N4O3. The SMILES string of the molecule is CN(C)CC(=O)Nc1ccc2n(c1=O)C[C@H]1C[C@@H]2CN(C(=O)c2ccc(-c3ccccc3)cc2)C1. The summed E-state index contributed by atoms with van der Waals surface area (Å²) in [5.41, 5.74) is 3.97. The van der Waals surface area contributed by atoms with Crippen LogP contribution in [-0.2, 0) is 11.3 Å². The number of nitrogens with one attached hydrogen (secondary N) is 1. The molecule has 3 heterocycles. The number of benzene rings is 2. The van der Waals surface area contributed by atoms with Crippen LogP contribution in [0.25, 0.3) is 11.1 Å². The second-order valence-electron chi connectivity index (χ2n) is 9.83. The Morgan fingerprint density at radius 3 is 2.34 bits per heavy atom. The van der Waals surface area contributed by atoms with E-state index < -0.39 is 0 Å². The number of likely N-dealkylation sites (N-methyl/N-ethyl adjacent to an activating group) is 1. The monoisotopic (exact) mass is 470 g/mol. The highest BCUT2D eigenvalue weighted by molar-refractivity contribution is 5.95. The number of fused-ring (bicyclic) bond motifs is 4. The highest BCUT2D eigenvalue weighted by Crippen LogP contribution is 2.36. The number of carbonyl (C=O) groups is 2. The number of nitrogens with zero attached hydrogens (tertiary/aromatic N) is 3. The largest absolute Gasteiger partial charge is 0.338 e. The summed E-state index contributed by atoms with van der Waals surface area (Å²) in [6, 6.07) is 21.5. The molecule has 7 nitrogen and oxygen atoms in total. The van der Waals surface area contributed by atoms with E-state index in [-0.39, 0.29) is 35.8 Å². The second-order valence-corrected chi connectivity index (χ2v) is 9.83. The number of hydrogen-bond donors (Lipinski definition) is 1. The number of rotatable bonds is 5. The third kappa shape index (κ3) is 4.77. The van der Waals surface area contributed by atoms with Gasteiger partial charge in [0.1, 0.15) is 5.69 Å². The summed E-state index contributed by atoms with van der Waals surface area (Å²) in [5, 5.41) is 2.74. The van der Waals surface area contributed by atoms with Crippen LogP contribution in [0.5, 0.6) is 0 Å². The minimum absolute atomic E-state index is 0.0303. The minimum atomic E-state index is -0.210. The number of pyridine rings is 1. The standard InChI is InChI=1S/C28H30N4O3/c1-30(2)18-26(33)29-24-12-13-25-23-14-19(16-32(25)28(24)35)15-31(17-23)27(34)22-10-8-21(9-11-22)20-6-4-3-5-7-20/h3-13,19,23H,14-18H2,1-2H3,(H,29,33)/t19-,23+/m0/s1. The zero-order valence-electron chi connectivity index (χ0n) is 20.1. The fraction of sp³-hybridized carbons (Fsp3) is 0.321. The van der Waals surface area contributed by atoms with Gasteiger partial charge in [-0.25, -0.2) is 0 Å². The molecule has 0 spiro atoms. The molecule has 3 aromatic rings. The summed E-state index contributed by atoms with van der Waals surface area (Å²) < 4.78 is 1.79. The third-order valence-electron chi connectivity index (χ3n) is 6.86. The molecule has 1 fully saturated rings. The number of carbonyl (C=O) groups excluding carboxylic acids is 2. The third-order valence-corrected chi connectivity index (χ3v) is 6.86. The van der Waals surface area contributed by atoms with Crippen LogP contribution < -0.4 is 10.9 Å². The molecular weight excluding hydrogens is 440 g/mol. The first kappa shape index (κ1) is 23.1. The lowest BCUT2D eigenvalue weighted by atomic mass is 9.83. The van der Waals surface area contributed by atoms with Crippen molar-refractivity contribution >= 4 is 17.5 Å². The van der Waals surface area contributed by atoms with Gasteiger partial charge < -0.3 is 19.7 Å². The van der Waals surface area contributed by atoms with Gasteiger partial charge in [0.25, 0.3) is 11.5 Å². The summed E-state index contributed by atoms with van der Waals surface area (Å²) in [5.74, 6) is 0.134. The maximum Gasteiger partial charge on any atom is 0.274 e. The molecule has 0 aliphatic carbocycles. The number of amides is 2. The van der Waals surface area contributed by atoms with E-state index in [1.165, 1.54) is 0 Å². The smallest absolute Gasteiger partial charge is 0.274 e. The van der Waals surface area contributed by atoms with Gasteiger partial charge in [0.2, 0.25) is 5.91 Å². The van der Waals surface area contributed by atoms with Crippen LogP contribution in [0.3, 0.4) is 0 Å². The lowest BCUT2D eigenvalue weighted by Gasteiger charge is -2.43. The molecule has 0 saturated carbocycles. The van der Waals surface area contributed by atoms with Crippen LogP contribution in [0.4, 0.5) is 5.69 Å². The van der Waals surface area contributed by atoms with Gasteiger partial charge in [-0.1, -0.05) is 42.5 Å². The average molecular weight is 471 g/mol. The molecule has 2 aliphatic rings. The Morgan fingerprint density at radius 1 is 0.914 bits per heavy atom. The number of likely N-dealkylation sites (tertiary alicyclic amines) is 1. The van der Waals surface area contributed by atoms with E-state index in [9.17, 15) is 14.4 Å². The van der Waals surface area contributed by atoms with Crippen LogP contribution in [0.2, 0.25) is 0 Å². The molecule has 1 aromatic heterocycles.